The van der Waals surface area contributed by atoms with Gasteiger partial charge in [-0.15, -0.1) is 0 Å². The number of aliphatic imine (C=N–C) groups is 1. The zero-order valence-electron chi connectivity index (χ0n) is 11.9. The van der Waals surface area contributed by atoms with Gasteiger partial charge >= 0.3 is 0 Å². The lowest BCUT2D eigenvalue weighted by Crippen LogP contribution is -2.58. The molecule has 1 N–H and O–H groups in total. The first-order valence-corrected chi connectivity index (χ1v) is 7.61. The molecule has 2 aliphatic heterocycles. The van der Waals surface area contributed by atoms with Gasteiger partial charge in [0.1, 0.15) is 11.4 Å². The van der Waals surface area contributed by atoms with E-state index < -0.39 is 5.54 Å². The lowest BCUT2D eigenvalue weighted by Gasteiger charge is -2.41. The predicted molar refractivity (Wildman–Crippen MR) is 88.4 cm³/mol. The number of anilines is 1. The van der Waals surface area contributed by atoms with Crippen LogP contribution in [0.2, 0.25) is 0 Å². The maximum absolute atomic E-state index is 12.8. The van der Waals surface area contributed by atoms with Crippen LogP contribution in [0.3, 0.4) is 0 Å². The summed E-state index contributed by atoms with van der Waals surface area (Å²) < 4.78 is 0.873. The molecule has 1 aromatic rings. The topological polar surface area (TPSA) is 61.8 Å². The zero-order chi connectivity index (χ0) is 15.7. The van der Waals surface area contributed by atoms with Gasteiger partial charge in [-0.25, -0.2) is 0 Å². The van der Waals surface area contributed by atoms with Crippen LogP contribution in [0.5, 0.6) is 0 Å². The average Bonchev–Trinajstić information content (AvgIpc) is 2.47. The zero-order valence-corrected chi connectivity index (χ0v) is 13.5. The standard InChI is InChI=1S/C16H14BrN3O2/c1-16(15(22)18-12-6-4-5-11(17)9-12)10-14(21)19-13-7-2-3-8-20(13)16/h2-9H,10H2,1H3,(H,18,22)/t16-/m0/s1. The number of nitrogens with one attached hydrogen (secondary N) is 1. The monoisotopic (exact) mass is 359 g/mol. The molecular weight excluding hydrogens is 346 g/mol. The molecule has 0 saturated heterocycles. The number of hydrogen-bond acceptors (Lipinski definition) is 3. The highest BCUT2D eigenvalue weighted by Gasteiger charge is 2.45. The molecule has 1 atom stereocenters. The Labute approximate surface area is 136 Å². The molecule has 0 unspecified atom stereocenters. The molecule has 0 bridgehead atoms. The maximum atomic E-state index is 12.8. The number of halogens is 1. The lowest BCUT2D eigenvalue weighted by atomic mass is 9.91. The molecule has 0 saturated carbocycles. The number of rotatable bonds is 2. The lowest BCUT2D eigenvalue weighted by molar-refractivity contribution is -0.130. The minimum atomic E-state index is -1.00. The molecule has 0 spiro atoms. The van der Waals surface area contributed by atoms with E-state index in [0.29, 0.717) is 11.5 Å². The number of amides is 2. The first-order valence-electron chi connectivity index (χ1n) is 6.82. The molecule has 5 nitrogen and oxygen atoms in total. The summed E-state index contributed by atoms with van der Waals surface area (Å²) in [5, 5.41) is 2.87. The predicted octanol–water partition coefficient (Wildman–Crippen LogP) is 2.86. The summed E-state index contributed by atoms with van der Waals surface area (Å²) >= 11 is 3.37. The van der Waals surface area contributed by atoms with Crippen molar-refractivity contribution in [1.29, 1.82) is 0 Å². The van der Waals surface area contributed by atoms with Crippen molar-refractivity contribution in [2.24, 2.45) is 4.99 Å². The van der Waals surface area contributed by atoms with Crippen molar-refractivity contribution in [2.45, 2.75) is 18.9 Å². The van der Waals surface area contributed by atoms with Crippen molar-refractivity contribution in [3.05, 3.63) is 53.2 Å². The molecule has 6 heteroatoms. The summed E-state index contributed by atoms with van der Waals surface area (Å²) in [7, 11) is 0. The Bertz CT molecular complexity index is 739. The molecular formula is C16H14BrN3O2. The van der Waals surface area contributed by atoms with Crippen molar-refractivity contribution >= 4 is 39.3 Å². The van der Waals surface area contributed by atoms with Gasteiger partial charge in [0, 0.05) is 16.4 Å². The van der Waals surface area contributed by atoms with Crippen molar-refractivity contribution in [2.75, 3.05) is 5.32 Å². The highest BCUT2D eigenvalue weighted by Crippen LogP contribution is 2.29. The number of amidine groups is 1. The van der Waals surface area contributed by atoms with E-state index in [1.165, 1.54) is 0 Å². The quantitative estimate of drug-likeness (QED) is 0.882. The van der Waals surface area contributed by atoms with Crippen LogP contribution >= 0.6 is 15.9 Å². The van der Waals surface area contributed by atoms with Gasteiger partial charge in [0.15, 0.2) is 0 Å². The normalized spacial score (nSPS) is 23.1. The minimum Gasteiger partial charge on any atom is -0.324 e. The van der Waals surface area contributed by atoms with E-state index in [4.69, 9.17) is 0 Å². The van der Waals surface area contributed by atoms with E-state index in [0.717, 1.165) is 4.47 Å². The molecule has 0 radical (unpaired) electrons. The van der Waals surface area contributed by atoms with E-state index in [2.05, 4.69) is 26.2 Å². The molecule has 1 aromatic carbocycles. The molecule has 3 rings (SSSR count). The second-order valence-electron chi connectivity index (χ2n) is 5.35. The molecule has 0 aromatic heterocycles. The third kappa shape index (κ3) is 2.62. The maximum Gasteiger partial charge on any atom is 0.250 e. The van der Waals surface area contributed by atoms with Crippen LogP contribution in [-0.4, -0.2) is 28.1 Å². The van der Waals surface area contributed by atoms with Crippen LogP contribution in [0.15, 0.2) is 58.2 Å². The number of carbonyl (C=O) groups excluding carboxylic acids is 2. The highest BCUT2D eigenvalue weighted by atomic mass is 79.9. The van der Waals surface area contributed by atoms with E-state index in [-0.39, 0.29) is 18.2 Å². The summed E-state index contributed by atoms with van der Waals surface area (Å²) in [5.74, 6) is -0.0463. The Hall–Kier alpha value is -2.21. The molecule has 2 aliphatic rings. The molecule has 22 heavy (non-hydrogen) atoms. The summed E-state index contributed by atoms with van der Waals surface area (Å²) in [6, 6.07) is 7.33. The van der Waals surface area contributed by atoms with Gasteiger partial charge < -0.3 is 10.2 Å². The Morgan fingerprint density at radius 1 is 1.41 bits per heavy atom. The van der Waals surface area contributed by atoms with Crippen molar-refractivity contribution < 1.29 is 9.59 Å². The minimum absolute atomic E-state index is 0.0362. The van der Waals surface area contributed by atoms with Gasteiger partial charge in [-0.3, -0.25) is 9.59 Å². The van der Waals surface area contributed by atoms with Gasteiger partial charge in [-0.05, 0) is 37.3 Å². The first kappa shape index (κ1) is 14.7. The van der Waals surface area contributed by atoms with Gasteiger partial charge in [0.2, 0.25) is 0 Å². The van der Waals surface area contributed by atoms with Crippen LogP contribution in [0, 0.1) is 0 Å². The number of nitrogens with zero attached hydrogens (tertiary/aromatic N) is 2. The smallest absolute Gasteiger partial charge is 0.250 e. The molecule has 0 fully saturated rings. The van der Waals surface area contributed by atoms with E-state index in [1.54, 1.807) is 36.2 Å². The average molecular weight is 360 g/mol. The van der Waals surface area contributed by atoms with Crippen molar-refractivity contribution in [3.63, 3.8) is 0 Å². The fraction of sp³-hybridized carbons (Fsp3) is 0.188. The van der Waals surface area contributed by atoms with Crippen LogP contribution in [0.4, 0.5) is 5.69 Å². The Morgan fingerprint density at radius 3 is 3.00 bits per heavy atom. The van der Waals surface area contributed by atoms with Crippen LogP contribution < -0.4 is 5.32 Å². The van der Waals surface area contributed by atoms with Crippen molar-refractivity contribution in [3.8, 4) is 0 Å². The second-order valence-corrected chi connectivity index (χ2v) is 6.27. The number of carbonyl (C=O) groups is 2. The number of hydrogen-bond donors (Lipinski definition) is 1. The fourth-order valence-electron chi connectivity index (χ4n) is 2.51. The van der Waals surface area contributed by atoms with Crippen LogP contribution in [0.25, 0.3) is 0 Å². The summed E-state index contributed by atoms with van der Waals surface area (Å²) in [4.78, 5) is 30.4. The summed E-state index contributed by atoms with van der Waals surface area (Å²) in [5.41, 5.74) is -0.328. The van der Waals surface area contributed by atoms with Gasteiger partial charge in [-0.2, -0.15) is 4.99 Å². The van der Waals surface area contributed by atoms with Crippen molar-refractivity contribution in [1.82, 2.24) is 4.90 Å². The Balaban J connectivity index is 1.90. The van der Waals surface area contributed by atoms with Gasteiger partial charge in [0.25, 0.3) is 11.8 Å². The highest BCUT2D eigenvalue weighted by molar-refractivity contribution is 9.10. The first-order chi connectivity index (χ1) is 10.5. The van der Waals surface area contributed by atoms with Crippen LogP contribution in [0.1, 0.15) is 13.3 Å². The third-order valence-electron chi connectivity index (χ3n) is 3.68. The second kappa shape index (κ2) is 5.53. The molecule has 112 valence electrons. The Kier molecular flexibility index (Phi) is 3.70. The SMILES string of the molecule is C[C@@]1(C(=O)Nc2cccc(Br)c2)CC(=O)N=C2C=CC=CN21. The molecule has 2 amide bonds. The number of fused-ring (bicyclic) bond motifs is 1. The van der Waals surface area contributed by atoms with Crippen LogP contribution in [-0.2, 0) is 9.59 Å². The van der Waals surface area contributed by atoms with E-state index >= 15 is 0 Å². The van der Waals surface area contributed by atoms with E-state index in [9.17, 15) is 9.59 Å². The number of allylic oxidation sites excluding steroid dienone is 2. The van der Waals surface area contributed by atoms with E-state index in [1.807, 2.05) is 24.3 Å². The molecule has 2 heterocycles. The number of benzene rings is 1. The fourth-order valence-corrected chi connectivity index (χ4v) is 2.91. The molecule has 0 aliphatic carbocycles. The van der Waals surface area contributed by atoms with Gasteiger partial charge in [-0.1, -0.05) is 28.1 Å². The largest absolute Gasteiger partial charge is 0.324 e. The summed E-state index contributed by atoms with van der Waals surface area (Å²) in [6.07, 6.45) is 7.14. The summed E-state index contributed by atoms with van der Waals surface area (Å²) in [6.45, 7) is 1.75. The Morgan fingerprint density at radius 2 is 2.23 bits per heavy atom. The third-order valence-corrected chi connectivity index (χ3v) is 4.17. The van der Waals surface area contributed by atoms with Gasteiger partial charge in [0.05, 0.1) is 6.42 Å².